The molecular formula is C20H18FN5O4. The molecule has 2 aromatic carbocycles. The highest BCUT2D eigenvalue weighted by Gasteiger charge is 2.21. The number of hydrogen-bond donors (Lipinski definition) is 2. The summed E-state index contributed by atoms with van der Waals surface area (Å²) in [5.41, 5.74) is 6.01. The van der Waals surface area contributed by atoms with Crippen LogP contribution in [0.1, 0.15) is 37.7 Å². The van der Waals surface area contributed by atoms with Crippen molar-refractivity contribution in [2.75, 3.05) is 0 Å². The Hall–Kier alpha value is -4.08. The summed E-state index contributed by atoms with van der Waals surface area (Å²) in [7, 11) is 0. The number of nitrogens with one attached hydrogen (secondary N) is 2. The minimum absolute atomic E-state index is 0.0170. The van der Waals surface area contributed by atoms with E-state index < -0.39 is 22.6 Å². The molecule has 2 N–H and O–H groups in total. The molecule has 0 atom stereocenters. The van der Waals surface area contributed by atoms with Gasteiger partial charge in [-0.1, -0.05) is 24.3 Å². The Morgan fingerprint density at radius 3 is 2.30 bits per heavy atom. The van der Waals surface area contributed by atoms with Gasteiger partial charge in [0.05, 0.1) is 17.0 Å². The number of nitro groups is 1. The molecule has 0 radical (unpaired) electrons. The summed E-state index contributed by atoms with van der Waals surface area (Å²) in [6, 6.07) is 11.8. The molecule has 3 rings (SSSR count). The van der Waals surface area contributed by atoms with E-state index in [1.807, 2.05) is 0 Å². The lowest BCUT2D eigenvalue weighted by Crippen LogP contribution is -2.41. The normalized spacial score (nSPS) is 10.5. The number of hydrazine groups is 1. The van der Waals surface area contributed by atoms with Crippen LogP contribution in [0, 0.1) is 29.8 Å². The van der Waals surface area contributed by atoms with Crippen LogP contribution in [0.2, 0.25) is 0 Å². The van der Waals surface area contributed by atoms with Crippen LogP contribution >= 0.6 is 0 Å². The second-order valence-corrected chi connectivity index (χ2v) is 6.52. The maximum absolute atomic E-state index is 13.6. The van der Waals surface area contributed by atoms with Crippen molar-refractivity contribution in [2.45, 2.75) is 20.4 Å². The third-order valence-electron chi connectivity index (χ3n) is 4.48. The van der Waals surface area contributed by atoms with Crippen molar-refractivity contribution in [3.05, 3.63) is 92.5 Å². The van der Waals surface area contributed by atoms with Gasteiger partial charge in [-0.2, -0.15) is 5.10 Å². The molecule has 0 aliphatic carbocycles. The number of aromatic nitrogens is 2. The van der Waals surface area contributed by atoms with Gasteiger partial charge in [0.1, 0.15) is 17.2 Å². The van der Waals surface area contributed by atoms with E-state index in [9.17, 15) is 24.1 Å². The predicted octanol–water partition coefficient (Wildman–Crippen LogP) is 2.67. The van der Waals surface area contributed by atoms with Gasteiger partial charge in [-0.3, -0.25) is 35.2 Å². The van der Waals surface area contributed by atoms with E-state index >= 15 is 0 Å². The molecule has 0 saturated carbocycles. The first-order valence-electron chi connectivity index (χ1n) is 8.90. The average molecular weight is 411 g/mol. The number of benzene rings is 2. The van der Waals surface area contributed by atoms with Crippen LogP contribution in [0.4, 0.5) is 10.1 Å². The molecule has 0 bridgehead atoms. The van der Waals surface area contributed by atoms with Gasteiger partial charge in [0.2, 0.25) is 0 Å². The van der Waals surface area contributed by atoms with E-state index in [1.54, 1.807) is 38.1 Å². The second-order valence-electron chi connectivity index (χ2n) is 6.52. The number of carbonyl (C=O) groups is 2. The maximum Gasteiger partial charge on any atom is 0.312 e. The first-order chi connectivity index (χ1) is 14.3. The molecule has 30 heavy (non-hydrogen) atoms. The molecule has 1 heterocycles. The van der Waals surface area contributed by atoms with Crippen molar-refractivity contribution in [1.82, 2.24) is 20.6 Å². The van der Waals surface area contributed by atoms with Gasteiger partial charge in [-0.15, -0.1) is 0 Å². The highest BCUT2D eigenvalue weighted by Crippen LogP contribution is 2.22. The summed E-state index contributed by atoms with van der Waals surface area (Å²) in [4.78, 5) is 34.8. The Labute approximate surface area is 170 Å². The third kappa shape index (κ3) is 4.32. The maximum atomic E-state index is 13.6. The third-order valence-corrected chi connectivity index (χ3v) is 4.48. The topological polar surface area (TPSA) is 119 Å². The molecule has 0 fully saturated rings. The van der Waals surface area contributed by atoms with Crippen molar-refractivity contribution in [2.24, 2.45) is 0 Å². The molecule has 0 aliphatic rings. The van der Waals surface area contributed by atoms with Gasteiger partial charge < -0.3 is 0 Å². The van der Waals surface area contributed by atoms with Gasteiger partial charge >= 0.3 is 5.69 Å². The number of amides is 2. The van der Waals surface area contributed by atoms with E-state index in [0.29, 0.717) is 17.9 Å². The highest BCUT2D eigenvalue weighted by molar-refractivity contribution is 5.99. The summed E-state index contributed by atoms with van der Waals surface area (Å²) < 4.78 is 15.1. The smallest absolute Gasteiger partial charge is 0.267 e. The lowest BCUT2D eigenvalue weighted by atomic mass is 10.1. The Morgan fingerprint density at radius 1 is 1.07 bits per heavy atom. The van der Waals surface area contributed by atoms with Crippen LogP contribution in [0.3, 0.4) is 0 Å². The summed E-state index contributed by atoms with van der Waals surface area (Å²) >= 11 is 0. The molecule has 0 unspecified atom stereocenters. The van der Waals surface area contributed by atoms with Crippen LogP contribution in [-0.2, 0) is 6.54 Å². The molecule has 154 valence electrons. The minimum Gasteiger partial charge on any atom is -0.267 e. The van der Waals surface area contributed by atoms with Crippen molar-refractivity contribution in [1.29, 1.82) is 0 Å². The number of rotatable bonds is 5. The largest absolute Gasteiger partial charge is 0.312 e. The zero-order valence-corrected chi connectivity index (χ0v) is 16.2. The van der Waals surface area contributed by atoms with Crippen molar-refractivity contribution >= 4 is 17.5 Å². The van der Waals surface area contributed by atoms with Crippen LogP contribution in [-0.4, -0.2) is 26.5 Å². The van der Waals surface area contributed by atoms with Crippen LogP contribution in [0.25, 0.3) is 0 Å². The van der Waals surface area contributed by atoms with Gasteiger partial charge in [0.15, 0.2) is 0 Å². The standard InChI is InChI=1S/C20H18FN5O4/c1-12-18(26(29)30)13(2)25(24-12)11-14-7-9-15(10-8-14)19(27)22-23-20(28)16-5-3-4-6-17(16)21/h3-10H,11H2,1-2H3,(H,22,27)(H,23,28). The zero-order chi connectivity index (χ0) is 21.8. The lowest BCUT2D eigenvalue weighted by molar-refractivity contribution is -0.386. The number of carbonyl (C=O) groups excluding carboxylic acids is 2. The summed E-state index contributed by atoms with van der Waals surface area (Å²) in [6.07, 6.45) is 0. The Bertz CT molecular complexity index is 1120. The van der Waals surface area contributed by atoms with Crippen molar-refractivity contribution in [3.8, 4) is 0 Å². The summed E-state index contributed by atoms with van der Waals surface area (Å²) in [5, 5.41) is 15.3. The molecule has 10 heteroatoms. The molecule has 1 aromatic heterocycles. The lowest BCUT2D eigenvalue weighted by Gasteiger charge is -2.09. The van der Waals surface area contributed by atoms with Gasteiger partial charge in [0.25, 0.3) is 11.8 Å². The quantitative estimate of drug-likeness (QED) is 0.494. The fourth-order valence-corrected chi connectivity index (χ4v) is 2.94. The van der Waals surface area contributed by atoms with Crippen LogP contribution in [0.5, 0.6) is 0 Å². The summed E-state index contributed by atoms with van der Waals surface area (Å²) in [5.74, 6) is -2.05. The fourth-order valence-electron chi connectivity index (χ4n) is 2.94. The summed E-state index contributed by atoms with van der Waals surface area (Å²) in [6.45, 7) is 3.50. The van der Waals surface area contributed by atoms with Crippen molar-refractivity contribution in [3.63, 3.8) is 0 Å². The average Bonchev–Trinajstić information content (AvgIpc) is 2.99. The number of nitrogens with zero attached hydrogens (tertiary/aromatic N) is 3. The van der Waals surface area contributed by atoms with Gasteiger partial charge in [-0.25, -0.2) is 4.39 Å². The SMILES string of the molecule is Cc1nn(Cc2ccc(C(=O)NNC(=O)c3ccccc3F)cc2)c(C)c1[N+](=O)[O-]. The highest BCUT2D eigenvalue weighted by atomic mass is 19.1. The predicted molar refractivity (Wildman–Crippen MR) is 105 cm³/mol. The molecule has 0 aliphatic heterocycles. The van der Waals surface area contributed by atoms with E-state index in [4.69, 9.17) is 0 Å². The van der Waals surface area contributed by atoms with Gasteiger partial charge in [0, 0.05) is 5.56 Å². The fraction of sp³-hybridized carbons (Fsp3) is 0.150. The van der Waals surface area contributed by atoms with Crippen molar-refractivity contribution < 1.29 is 18.9 Å². The Kier molecular flexibility index (Phi) is 5.86. The molecule has 3 aromatic rings. The number of halogens is 1. The van der Waals surface area contributed by atoms with E-state index in [2.05, 4.69) is 16.0 Å². The molecule has 0 saturated heterocycles. The number of hydrogen-bond acceptors (Lipinski definition) is 5. The minimum atomic E-state index is -0.774. The van der Waals surface area contributed by atoms with Crippen LogP contribution in [0.15, 0.2) is 48.5 Å². The second kappa shape index (κ2) is 8.52. The zero-order valence-electron chi connectivity index (χ0n) is 16.2. The molecular weight excluding hydrogens is 393 g/mol. The Morgan fingerprint density at radius 2 is 1.70 bits per heavy atom. The monoisotopic (exact) mass is 411 g/mol. The molecule has 9 nitrogen and oxygen atoms in total. The molecule has 0 spiro atoms. The van der Waals surface area contributed by atoms with Crippen LogP contribution < -0.4 is 10.9 Å². The first kappa shape index (κ1) is 20.6. The van der Waals surface area contributed by atoms with E-state index in [1.165, 1.54) is 22.9 Å². The van der Waals surface area contributed by atoms with E-state index in [-0.39, 0.29) is 16.8 Å². The first-order valence-corrected chi connectivity index (χ1v) is 8.90. The van der Waals surface area contributed by atoms with Gasteiger partial charge in [-0.05, 0) is 43.7 Å². The van der Waals surface area contributed by atoms with E-state index in [0.717, 1.165) is 11.6 Å². The molecule has 2 amide bonds. The number of aryl methyl sites for hydroxylation is 1. The Balaban J connectivity index is 1.64.